The van der Waals surface area contributed by atoms with Crippen molar-refractivity contribution in [3.8, 4) is 5.75 Å². The molecule has 0 saturated carbocycles. The van der Waals surface area contributed by atoms with E-state index >= 15 is 0 Å². The van der Waals surface area contributed by atoms with Crippen LogP contribution in [0, 0.1) is 15.9 Å². The Hall–Kier alpha value is -1.85. The second-order valence-corrected chi connectivity index (χ2v) is 4.86. The number of nitrogens with zero attached hydrogens (tertiary/aromatic N) is 1. The molecule has 0 radical (unpaired) electrons. The Morgan fingerprint density at radius 3 is 2.67 bits per heavy atom. The molecule has 0 aliphatic heterocycles. The zero-order valence-corrected chi connectivity index (χ0v) is 12.2. The van der Waals surface area contributed by atoms with Crippen LogP contribution < -0.4 is 4.74 Å². The second kappa shape index (κ2) is 6.74. The molecule has 0 N–H and O–H groups in total. The first-order chi connectivity index (χ1) is 10.0. The summed E-state index contributed by atoms with van der Waals surface area (Å²) in [6.07, 6.45) is 0. The smallest absolute Gasteiger partial charge is 0.277 e. The van der Waals surface area contributed by atoms with E-state index in [1.807, 2.05) is 0 Å². The van der Waals surface area contributed by atoms with Gasteiger partial charge in [0.1, 0.15) is 6.61 Å². The molecule has 2 aromatic carbocycles. The Bertz CT molecular complexity index is 679. The summed E-state index contributed by atoms with van der Waals surface area (Å²) >= 11 is 11.5. The monoisotopic (exact) mass is 329 g/mol. The van der Waals surface area contributed by atoms with Gasteiger partial charge in [-0.1, -0.05) is 23.7 Å². The molecule has 0 fully saturated rings. The molecule has 2 rings (SSSR count). The fourth-order valence-electron chi connectivity index (χ4n) is 1.76. The molecule has 4 nitrogen and oxygen atoms in total. The van der Waals surface area contributed by atoms with Crippen LogP contribution in [0.2, 0.25) is 5.02 Å². The molecule has 0 unspecified atom stereocenters. The highest BCUT2D eigenvalue weighted by Crippen LogP contribution is 2.28. The molecule has 0 heterocycles. The molecule has 110 valence electrons. The first-order valence-corrected chi connectivity index (χ1v) is 6.83. The molecule has 2 aromatic rings. The summed E-state index contributed by atoms with van der Waals surface area (Å²) in [6, 6.07) is 8.60. The van der Waals surface area contributed by atoms with Crippen molar-refractivity contribution in [3.05, 3.63) is 68.5 Å². The van der Waals surface area contributed by atoms with E-state index in [0.717, 1.165) is 0 Å². The highest BCUT2D eigenvalue weighted by atomic mass is 35.5. The predicted octanol–water partition coefficient (Wildman–Crippen LogP) is 4.71. The topological polar surface area (TPSA) is 52.4 Å². The Labute approximate surface area is 130 Å². The second-order valence-electron chi connectivity index (χ2n) is 4.18. The fraction of sp³-hybridized carbons (Fsp3) is 0.143. The first kappa shape index (κ1) is 15.5. The van der Waals surface area contributed by atoms with E-state index in [2.05, 4.69) is 0 Å². The summed E-state index contributed by atoms with van der Waals surface area (Å²) in [6.45, 7) is -0.201. The summed E-state index contributed by atoms with van der Waals surface area (Å²) in [5.74, 6) is -0.409. The molecular formula is C14H10Cl2FNO3. The molecular weight excluding hydrogens is 320 g/mol. The van der Waals surface area contributed by atoms with Gasteiger partial charge < -0.3 is 4.74 Å². The quantitative estimate of drug-likeness (QED) is 0.453. The summed E-state index contributed by atoms with van der Waals surface area (Å²) in [7, 11) is 0. The maximum atomic E-state index is 13.7. The van der Waals surface area contributed by atoms with Gasteiger partial charge >= 0.3 is 0 Å². The van der Waals surface area contributed by atoms with Crippen LogP contribution in [0.3, 0.4) is 0 Å². The summed E-state index contributed by atoms with van der Waals surface area (Å²) in [4.78, 5) is 10.4. The third-order valence-corrected chi connectivity index (χ3v) is 3.48. The number of nitro groups is 1. The standard InChI is InChI=1S/C14H10Cl2FNO3/c15-7-9-4-5-14(12(17)6-9)21-8-10-11(16)2-1-3-13(10)18(19)20/h1-6H,7-8H2. The highest BCUT2D eigenvalue weighted by molar-refractivity contribution is 6.31. The number of alkyl halides is 1. The highest BCUT2D eigenvalue weighted by Gasteiger charge is 2.17. The normalized spacial score (nSPS) is 10.4. The van der Waals surface area contributed by atoms with Crippen molar-refractivity contribution < 1.29 is 14.1 Å². The number of benzene rings is 2. The summed E-state index contributed by atoms with van der Waals surface area (Å²) < 4.78 is 19.0. The van der Waals surface area contributed by atoms with Gasteiger partial charge in [-0.15, -0.1) is 11.6 Å². The number of ether oxygens (including phenoxy) is 1. The van der Waals surface area contributed by atoms with Crippen LogP contribution in [-0.4, -0.2) is 4.92 Å². The van der Waals surface area contributed by atoms with Crippen molar-refractivity contribution >= 4 is 28.9 Å². The molecule has 0 aliphatic rings. The summed E-state index contributed by atoms with van der Waals surface area (Å²) in [5.41, 5.74) is 0.649. The zero-order chi connectivity index (χ0) is 15.4. The molecule has 0 aromatic heterocycles. The Morgan fingerprint density at radius 2 is 2.05 bits per heavy atom. The molecule has 0 atom stereocenters. The van der Waals surface area contributed by atoms with Gasteiger partial charge in [0.15, 0.2) is 11.6 Å². The minimum absolute atomic E-state index is 0.0157. The Kier molecular flexibility index (Phi) is 4.98. The maximum absolute atomic E-state index is 13.7. The van der Waals surface area contributed by atoms with E-state index in [4.69, 9.17) is 27.9 Å². The number of hydrogen-bond donors (Lipinski definition) is 0. The van der Waals surface area contributed by atoms with Crippen LogP contribution in [0.15, 0.2) is 36.4 Å². The number of hydrogen-bond acceptors (Lipinski definition) is 3. The van der Waals surface area contributed by atoms with Gasteiger partial charge in [-0.25, -0.2) is 4.39 Å². The van der Waals surface area contributed by atoms with Crippen LogP contribution in [0.1, 0.15) is 11.1 Å². The van der Waals surface area contributed by atoms with Gasteiger partial charge in [-0.3, -0.25) is 10.1 Å². The number of rotatable bonds is 5. The van der Waals surface area contributed by atoms with E-state index in [-0.39, 0.29) is 34.5 Å². The molecule has 0 saturated heterocycles. The maximum Gasteiger partial charge on any atom is 0.277 e. The van der Waals surface area contributed by atoms with Gasteiger partial charge in [0.2, 0.25) is 0 Å². The molecule has 0 aliphatic carbocycles. The van der Waals surface area contributed by atoms with Gasteiger partial charge in [0.25, 0.3) is 5.69 Å². The van der Waals surface area contributed by atoms with Crippen molar-refractivity contribution in [2.75, 3.05) is 0 Å². The lowest BCUT2D eigenvalue weighted by Gasteiger charge is -2.09. The third-order valence-electron chi connectivity index (χ3n) is 2.81. The van der Waals surface area contributed by atoms with Crippen molar-refractivity contribution in [1.29, 1.82) is 0 Å². The number of halogens is 3. The number of nitro benzene ring substituents is 1. The molecule has 0 spiro atoms. The molecule has 7 heteroatoms. The predicted molar refractivity (Wildman–Crippen MR) is 78.4 cm³/mol. The van der Waals surface area contributed by atoms with Gasteiger partial charge in [0, 0.05) is 11.9 Å². The van der Waals surface area contributed by atoms with E-state index in [1.165, 1.54) is 30.3 Å². The lowest BCUT2D eigenvalue weighted by Crippen LogP contribution is -2.02. The van der Waals surface area contributed by atoms with E-state index in [9.17, 15) is 14.5 Å². The Morgan fingerprint density at radius 1 is 1.29 bits per heavy atom. The molecule has 21 heavy (non-hydrogen) atoms. The minimum atomic E-state index is -0.581. The third kappa shape index (κ3) is 3.62. The lowest BCUT2D eigenvalue weighted by atomic mass is 10.2. The Balaban J connectivity index is 2.22. The van der Waals surface area contributed by atoms with Crippen LogP contribution in [0.4, 0.5) is 10.1 Å². The van der Waals surface area contributed by atoms with Crippen molar-refractivity contribution in [3.63, 3.8) is 0 Å². The fourth-order valence-corrected chi connectivity index (χ4v) is 2.15. The molecule has 0 amide bonds. The van der Waals surface area contributed by atoms with Crippen LogP contribution >= 0.6 is 23.2 Å². The largest absolute Gasteiger partial charge is 0.486 e. The van der Waals surface area contributed by atoms with Gasteiger partial charge in [-0.2, -0.15) is 0 Å². The van der Waals surface area contributed by atoms with E-state index < -0.39 is 10.7 Å². The first-order valence-electron chi connectivity index (χ1n) is 5.92. The van der Waals surface area contributed by atoms with Crippen molar-refractivity contribution in [1.82, 2.24) is 0 Å². The van der Waals surface area contributed by atoms with E-state index in [1.54, 1.807) is 6.07 Å². The minimum Gasteiger partial charge on any atom is -0.486 e. The molecule has 0 bridgehead atoms. The zero-order valence-electron chi connectivity index (χ0n) is 10.7. The average Bonchev–Trinajstić information content (AvgIpc) is 2.46. The van der Waals surface area contributed by atoms with Crippen LogP contribution in [0.5, 0.6) is 5.75 Å². The van der Waals surface area contributed by atoms with Crippen LogP contribution in [0.25, 0.3) is 0 Å². The lowest BCUT2D eigenvalue weighted by molar-refractivity contribution is -0.385. The van der Waals surface area contributed by atoms with Gasteiger partial charge in [0.05, 0.1) is 15.5 Å². The SMILES string of the molecule is O=[N+]([O-])c1cccc(Cl)c1COc1ccc(CCl)cc1F. The van der Waals surface area contributed by atoms with Crippen molar-refractivity contribution in [2.24, 2.45) is 0 Å². The van der Waals surface area contributed by atoms with Gasteiger partial charge in [-0.05, 0) is 23.8 Å². The van der Waals surface area contributed by atoms with Crippen LogP contribution in [-0.2, 0) is 12.5 Å². The van der Waals surface area contributed by atoms with Crippen molar-refractivity contribution in [2.45, 2.75) is 12.5 Å². The average molecular weight is 330 g/mol. The van der Waals surface area contributed by atoms with E-state index in [0.29, 0.717) is 5.56 Å². The summed E-state index contributed by atoms with van der Waals surface area (Å²) in [5, 5.41) is 11.1.